The number of nitrogens with zero attached hydrogens (tertiary/aromatic N) is 2. The molecule has 0 bridgehead atoms. The molecule has 150 valence electrons. The number of carbonyl (C=O) groups excluding carboxylic acids is 1. The first-order valence-electron chi connectivity index (χ1n) is 9.95. The van der Waals surface area contributed by atoms with E-state index in [1.54, 1.807) is 0 Å². The summed E-state index contributed by atoms with van der Waals surface area (Å²) in [6.07, 6.45) is 0.891. The summed E-state index contributed by atoms with van der Waals surface area (Å²) in [7, 11) is 3.85. The van der Waals surface area contributed by atoms with Gasteiger partial charge in [-0.2, -0.15) is 0 Å². The summed E-state index contributed by atoms with van der Waals surface area (Å²) in [4.78, 5) is 17.6. The third-order valence-electron chi connectivity index (χ3n) is 5.81. The van der Waals surface area contributed by atoms with E-state index in [9.17, 15) is 4.79 Å². The van der Waals surface area contributed by atoms with Crippen LogP contribution in [0.5, 0.6) is 0 Å². The summed E-state index contributed by atoms with van der Waals surface area (Å²) in [5.41, 5.74) is 8.51. The van der Waals surface area contributed by atoms with Crippen LogP contribution in [0.1, 0.15) is 33.1 Å². The molecule has 29 heavy (non-hydrogen) atoms. The van der Waals surface area contributed by atoms with Crippen molar-refractivity contribution in [2.24, 2.45) is 7.05 Å². The van der Waals surface area contributed by atoms with E-state index in [0.29, 0.717) is 12.4 Å². The van der Waals surface area contributed by atoms with E-state index < -0.39 is 0 Å². The third kappa shape index (κ3) is 3.40. The molecule has 0 atom stereocenters. The number of hydrogen-bond acceptors (Lipinski definition) is 4. The van der Waals surface area contributed by atoms with Crippen LogP contribution < -0.4 is 16.0 Å². The summed E-state index contributed by atoms with van der Waals surface area (Å²) < 4.78 is 1.92. The fourth-order valence-electron chi connectivity index (χ4n) is 4.10. The molecule has 0 saturated carbocycles. The summed E-state index contributed by atoms with van der Waals surface area (Å²) in [5, 5.41) is 9.62. The molecule has 0 fully saturated rings. The minimum atomic E-state index is -0.178. The lowest BCUT2D eigenvalue weighted by Gasteiger charge is -2.16. The van der Waals surface area contributed by atoms with Crippen LogP contribution in [0.15, 0.2) is 36.4 Å². The van der Waals surface area contributed by atoms with Crippen LogP contribution in [0.2, 0.25) is 0 Å². The Kier molecular flexibility index (Phi) is 5.11. The molecule has 0 radical (unpaired) electrons. The normalized spacial score (nSPS) is 13.1. The molecule has 1 amide bonds. The van der Waals surface area contributed by atoms with Crippen LogP contribution in [0.4, 0.5) is 11.4 Å². The lowest BCUT2D eigenvalue weighted by Crippen LogP contribution is -2.24. The highest BCUT2D eigenvalue weighted by atomic mass is 16.2. The molecule has 6 nitrogen and oxygen atoms in total. The number of rotatable bonds is 4. The number of amides is 1. The van der Waals surface area contributed by atoms with E-state index in [4.69, 9.17) is 0 Å². The maximum absolute atomic E-state index is 13.0. The number of benzene rings is 2. The maximum Gasteiger partial charge on any atom is 0.291 e. The van der Waals surface area contributed by atoms with Crippen molar-refractivity contribution >= 4 is 17.3 Å². The van der Waals surface area contributed by atoms with Gasteiger partial charge in [0, 0.05) is 50.7 Å². The van der Waals surface area contributed by atoms with Gasteiger partial charge >= 0.3 is 0 Å². The Morgan fingerprint density at radius 3 is 2.38 bits per heavy atom. The molecule has 0 unspecified atom stereocenters. The van der Waals surface area contributed by atoms with Crippen molar-refractivity contribution in [2.45, 2.75) is 26.8 Å². The van der Waals surface area contributed by atoms with Crippen LogP contribution in [0.3, 0.4) is 0 Å². The second-order valence-electron chi connectivity index (χ2n) is 7.47. The van der Waals surface area contributed by atoms with Gasteiger partial charge in [0.2, 0.25) is 0 Å². The first kappa shape index (κ1) is 19.2. The molecule has 1 aromatic heterocycles. The number of hydrogen-bond donors (Lipinski definition) is 3. The zero-order valence-electron chi connectivity index (χ0n) is 17.4. The molecule has 2 aromatic carbocycles. The predicted octanol–water partition coefficient (Wildman–Crippen LogP) is 3.64. The molecule has 0 aliphatic carbocycles. The minimum Gasteiger partial charge on any atom is -0.388 e. The molecular weight excluding hydrogens is 362 g/mol. The lowest BCUT2D eigenvalue weighted by atomic mass is 9.94. The molecule has 2 heterocycles. The van der Waals surface area contributed by atoms with Crippen molar-refractivity contribution in [1.82, 2.24) is 14.9 Å². The van der Waals surface area contributed by atoms with Crippen LogP contribution in [-0.4, -0.2) is 29.1 Å². The lowest BCUT2D eigenvalue weighted by molar-refractivity contribution is 0.101. The topological polar surface area (TPSA) is 71.0 Å². The molecular formula is C23H27N5O. The second kappa shape index (κ2) is 7.72. The third-order valence-corrected chi connectivity index (χ3v) is 5.81. The number of carbonyl (C=O) groups is 1. The zero-order chi connectivity index (χ0) is 20.5. The molecule has 6 heteroatoms. The molecule has 1 aliphatic heterocycles. The van der Waals surface area contributed by atoms with Gasteiger partial charge in [-0.1, -0.05) is 24.3 Å². The number of imidazole rings is 1. The molecule has 1 aliphatic rings. The minimum absolute atomic E-state index is 0.178. The molecule has 4 rings (SSSR count). The van der Waals surface area contributed by atoms with Crippen molar-refractivity contribution in [3.8, 4) is 11.1 Å². The number of anilines is 2. The zero-order valence-corrected chi connectivity index (χ0v) is 17.4. The number of aromatic nitrogens is 2. The molecule has 0 saturated heterocycles. The molecule has 0 spiro atoms. The van der Waals surface area contributed by atoms with E-state index in [1.807, 2.05) is 43.8 Å². The Hall–Kier alpha value is -3.12. The fraction of sp³-hybridized carbons (Fsp3) is 0.304. The van der Waals surface area contributed by atoms with Crippen LogP contribution in [0, 0.1) is 13.8 Å². The average Bonchev–Trinajstić information content (AvgIpc) is 3.07. The van der Waals surface area contributed by atoms with E-state index in [0.717, 1.165) is 52.4 Å². The Labute approximate surface area is 171 Å². The summed E-state index contributed by atoms with van der Waals surface area (Å²) >= 11 is 0. The standard InChI is InChI=1S/C23H27N5O/c1-14-16(7-5-9-18(14)24-3)17-8-6-10-19(15(17)2)27-23(29)22-26-20-13-25-12-11-21(20)28(22)4/h5-10,24-25H,11-13H2,1-4H3,(H,27,29). The monoisotopic (exact) mass is 389 g/mol. The van der Waals surface area contributed by atoms with Gasteiger partial charge in [-0.3, -0.25) is 4.79 Å². The van der Waals surface area contributed by atoms with Gasteiger partial charge in [0.15, 0.2) is 5.82 Å². The highest BCUT2D eigenvalue weighted by molar-refractivity contribution is 6.03. The van der Waals surface area contributed by atoms with Gasteiger partial charge in [-0.25, -0.2) is 4.98 Å². The van der Waals surface area contributed by atoms with Crippen molar-refractivity contribution in [3.05, 3.63) is 64.7 Å². The van der Waals surface area contributed by atoms with Gasteiger partial charge in [-0.15, -0.1) is 0 Å². The maximum atomic E-state index is 13.0. The van der Waals surface area contributed by atoms with Crippen LogP contribution in [0.25, 0.3) is 11.1 Å². The van der Waals surface area contributed by atoms with E-state index in [1.165, 1.54) is 5.56 Å². The average molecular weight is 390 g/mol. The van der Waals surface area contributed by atoms with E-state index in [2.05, 4.69) is 46.1 Å². The highest BCUT2D eigenvalue weighted by Crippen LogP contribution is 2.33. The smallest absolute Gasteiger partial charge is 0.291 e. The summed E-state index contributed by atoms with van der Waals surface area (Å²) in [5.74, 6) is 0.278. The highest BCUT2D eigenvalue weighted by Gasteiger charge is 2.22. The van der Waals surface area contributed by atoms with Crippen LogP contribution >= 0.6 is 0 Å². The van der Waals surface area contributed by atoms with Crippen molar-refractivity contribution < 1.29 is 4.79 Å². The summed E-state index contributed by atoms with van der Waals surface area (Å²) in [6, 6.07) is 12.2. The van der Waals surface area contributed by atoms with Gasteiger partial charge in [0.05, 0.1) is 5.69 Å². The predicted molar refractivity (Wildman–Crippen MR) is 117 cm³/mol. The molecule has 3 aromatic rings. The van der Waals surface area contributed by atoms with Gasteiger partial charge in [0.1, 0.15) is 0 Å². The Bertz CT molecular complexity index is 1080. The first-order valence-corrected chi connectivity index (χ1v) is 9.95. The summed E-state index contributed by atoms with van der Waals surface area (Å²) in [6.45, 7) is 5.79. The number of fused-ring (bicyclic) bond motifs is 1. The largest absolute Gasteiger partial charge is 0.388 e. The fourth-order valence-corrected chi connectivity index (χ4v) is 4.10. The van der Waals surface area contributed by atoms with E-state index in [-0.39, 0.29) is 5.91 Å². The Morgan fingerprint density at radius 1 is 1.07 bits per heavy atom. The van der Waals surface area contributed by atoms with E-state index >= 15 is 0 Å². The Morgan fingerprint density at radius 2 is 1.72 bits per heavy atom. The van der Waals surface area contributed by atoms with Crippen molar-refractivity contribution in [1.29, 1.82) is 0 Å². The van der Waals surface area contributed by atoms with Crippen molar-refractivity contribution in [3.63, 3.8) is 0 Å². The quantitative estimate of drug-likeness (QED) is 0.637. The number of nitrogens with one attached hydrogen (secondary N) is 3. The van der Waals surface area contributed by atoms with Crippen LogP contribution in [-0.2, 0) is 20.0 Å². The first-order chi connectivity index (χ1) is 14.0. The van der Waals surface area contributed by atoms with Gasteiger partial charge < -0.3 is 20.5 Å². The molecule has 3 N–H and O–H groups in total. The van der Waals surface area contributed by atoms with Gasteiger partial charge in [-0.05, 0) is 48.2 Å². The van der Waals surface area contributed by atoms with Crippen molar-refractivity contribution in [2.75, 3.05) is 24.2 Å². The van der Waals surface area contributed by atoms with Gasteiger partial charge in [0.25, 0.3) is 5.91 Å². The Balaban J connectivity index is 1.67. The SMILES string of the molecule is CNc1cccc(-c2cccc(NC(=O)c3nc4c(n3C)CCNC4)c2C)c1C. The second-order valence-corrected chi connectivity index (χ2v) is 7.47.